The van der Waals surface area contributed by atoms with Crippen LogP contribution >= 0.6 is 23.4 Å². The lowest BCUT2D eigenvalue weighted by molar-refractivity contribution is -0.137. The Hall–Kier alpha value is -1.74. The van der Waals surface area contributed by atoms with Gasteiger partial charge in [-0.05, 0) is 61.6 Å². The van der Waals surface area contributed by atoms with E-state index in [2.05, 4.69) is 4.90 Å². The second kappa shape index (κ2) is 10.0. The number of carbonyl (C=O) groups excluding carboxylic acids is 1. The minimum atomic E-state index is -3.52. The highest BCUT2D eigenvalue weighted by molar-refractivity contribution is 7.98. The molecule has 2 fully saturated rings. The smallest absolute Gasteiger partial charge is 0.243 e. The topological polar surface area (TPSA) is 60.9 Å². The number of piperidine rings is 1. The first-order chi connectivity index (χ1) is 15.4. The fourth-order valence-electron chi connectivity index (χ4n) is 4.36. The largest absolute Gasteiger partial charge is 0.368 e. The molecule has 172 valence electrons. The van der Waals surface area contributed by atoms with Gasteiger partial charge in [0.25, 0.3) is 0 Å². The van der Waals surface area contributed by atoms with E-state index in [-0.39, 0.29) is 11.8 Å². The molecule has 0 saturated carbocycles. The minimum absolute atomic E-state index is 0.113. The highest BCUT2D eigenvalue weighted by Crippen LogP contribution is 2.27. The Morgan fingerprint density at radius 3 is 2.22 bits per heavy atom. The summed E-state index contributed by atoms with van der Waals surface area (Å²) in [5.41, 5.74) is 1.08. The molecule has 1 amide bonds. The Balaban J connectivity index is 1.31. The summed E-state index contributed by atoms with van der Waals surface area (Å²) in [6.07, 6.45) is 3.09. The van der Waals surface area contributed by atoms with E-state index in [0.717, 1.165) is 23.7 Å². The quantitative estimate of drug-likeness (QED) is 0.593. The van der Waals surface area contributed by atoms with Crippen LogP contribution in [0.1, 0.15) is 12.8 Å². The van der Waals surface area contributed by atoms with Gasteiger partial charge in [-0.1, -0.05) is 17.7 Å². The molecule has 0 radical (unpaired) electrons. The van der Waals surface area contributed by atoms with E-state index in [1.807, 2.05) is 47.6 Å². The van der Waals surface area contributed by atoms with Crippen LogP contribution in [0.2, 0.25) is 5.02 Å². The molecule has 6 nitrogen and oxygen atoms in total. The lowest BCUT2D eigenvalue weighted by Crippen LogP contribution is -2.52. The molecule has 0 spiro atoms. The molecule has 0 aromatic heterocycles. The van der Waals surface area contributed by atoms with Crippen LogP contribution < -0.4 is 4.90 Å². The third-order valence-electron chi connectivity index (χ3n) is 6.27. The maximum atomic E-state index is 13.1. The lowest BCUT2D eigenvalue weighted by atomic mass is 9.96. The summed E-state index contributed by atoms with van der Waals surface area (Å²) in [7, 11) is -3.52. The molecule has 2 heterocycles. The van der Waals surface area contributed by atoms with Gasteiger partial charge in [-0.15, -0.1) is 11.8 Å². The van der Waals surface area contributed by atoms with Crippen molar-refractivity contribution in [3.05, 3.63) is 53.6 Å². The summed E-state index contributed by atoms with van der Waals surface area (Å²) in [6, 6.07) is 14.8. The zero-order valence-corrected chi connectivity index (χ0v) is 20.5. The van der Waals surface area contributed by atoms with Crippen molar-refractivity contribution in [2.75, 3.05) is 50.4 Å². The SMILES string of the molecule is CSc1ccc(S(=O)(=O)N2CCC(C(=O)N3CCN(c4cccc(Cl)c4)CC3)CC2)cc1. The van der Waals surface area contributed by atoms with Gasteiger partial charge in [-0.25, -0.2) is 8.42 Å². The molecule has 9 heteroatoms. The first-order valence-electron chi connectivity index (χ1n) is 10.8. The van der Waals surface area contributed by atoms with Crippen LogP contribution in [0.5, 0.6) is 0 Å². The zero-order chi connectivity index (χ0) is 22.7. The number of hydrogen-bond acceptors (Lipinski definition) is 5. The normalized spacial score (nSPS) is 18.7. The standard InChI is InChI=1S/C23H28ClN3O3S2/c1-31-21-5-7-22(8-6-21)32(29,30)27-11-9-18(10-12-27)23(28)26-15-13-25(14-16-26)20-4-2-3-19(24)17-20/h2-8,17-18H,9-16H2,1H3. The summed E-state index contributed by atoms with van der Waals surface area (Å²) in [5, 5.41) is 0.711. The van der Waals surface area contributed by atoms with Crippen molar-refractivity contribution < 1.29 is 13.2 Å². The number of carbonyl (C=O) groups is 1. The van der Waals surface area contributed by atoms with Gasteiger partial charge in [0.15, 0.2) is 0 Å². The van der Waals surface area contributed by atoms with Crippen LogP contribution in [-0.4, -0.2) is 69.1 Å². The molecule has 32 heavy (non-hydrogen) atoms. The minimum Gasteiger partial charge on any atom is -0.368 e. The first-order valence-corrected chi connectivity index (χ1v) is 13.9. The Labute approximate surface area is 199 Å². The molecule has 2 aliphatic rings. The van der Waals surface area contributed by atoms with Gasteiger partial charge < -0.3 is 9.80 Å². The number of sulfonamides is 1. The Kier molecular flexibility index (Phi) is 7.34. The van der Waals surface area contributed by atoms with Crippen molar-refractivity contribution in [3.8, 4) is 0 Å². The summed E-state index contributed by atoms with van der Waals surface area (Å²) in [5.74, 6) is 0.0372. The van der Waals surface area contributed by atoms with Gasteiger partial charge in [0, 0.05) is 60.8 Å². The van der Waals surface area contributed by atoms with Gasteiger partial charge in [0.1, 0.15) is 0 Å². The van der Waals surface area contributed by atoms with Crippen molar-refractivity contribution >= 4 is 45.0 Å². The predicted octanol–water partition coefficient (Wildman–Crippen LogP) is 3.81. The van der Waals surface area contributed by atoms with Crippen LogP contribution in [-0.2, 0) is 14.8 Å². The second-order valence-corrected chi connectivity index (χ2v) is 11.4. The number of rotatable bonds is 5. The van der Waals surface area contributed by atoms with Crippen LogP contribution in [0.25, 0.3) is 0 Å². The first kappa shape index (κ1) is 23.4. The number of piperazine rings is 1. The summed E-state index contributed by atoms with van der Waals surface area (Å²) < 4.78 is 27.5. The zero-order valence-electron chi connectivity index (χ0n) is 18.1. The van der Waals surface area contributed by atoms with Gasteiger partial charge >= 0.3 is 0 Å². The van der Waals surface area contributed by atoms with Crippen LogP contribution in [0.3, 0.4) is 0 Å². The molecule has 2 aliphatic heterocycles. The number of anilines is 1. The van der Waals surface area contributed by atoms with Crippen molar-refractivity contribution in [1.82, 2.24) is 9.21 Å². The molecule has 0 N–H and O–H groups in total. The van der Waals surface area contributed by atoms with Crippen molar-refractivity contribution in [3.63, 3.8) is 0 Å². The summed E-state index contributed by atoms with van der Waals surface area (Å²) in [6.45, 7) is 3.64. The maximum Gasteiger partial charge on any atom is 0.243 e. The van der Waals surface area contributed by atoms with Gasteiger partial charge in [0.2, 0.25) is 15.9 Å². The number of nitrogens with zero attached hydrogens (tertiary/aromatic N) is 3. The molecule has 2 saturated heterocycles. The third kappa shape index (κ3) is 5.09. The van der Waals surface area contributed by atoms with Crippen LogP contribution in [0.4, 0.5) is 5.69 Å². The van der Waals surface area contributed by atoms with Crippen LogP contribution in [0, 0.1) is 5.92 Å². The highest BCUT2D eigenvalue weighted by Gasteiger charge is 2.34. The number of hydrogen-bond donors (Lipinski definition) is 0. The van der Waals surface area contributed by atoms with Gasteiger partial charge in [0.05, 0.1) is 4.90 Å². The average molecular weight is 494 g/mol. The van der Waals surface area contributed by atoms with Crippen molar-refractivity contribution in [2.24, 2.45) is 5.92 Å². The molecule has 2 aromatic carbocycles. The van der Waals surface area contributed by atoms with Gasteiger partial charge in [-0.2, -0.15) is 4.31 Å². The average Bonchev–Trinajstić information content (AvgIpc) is 2.84. The van der Waals surface area contributed by atoms with E-state index in [4.69, 9.17) is 11.6 Å². The highest BCUT2D eigenvalue weighted by atomic mass is 35.5. The number of halogens is 1. The fourth-order valence-corrected chi connectivity index (χ4v) is 6.42. The fraction of sp³-hybridized carbons (Fsp3) is 0.435. The lowest BCUT2D eigenvalue weighted by Gasteiger charge is -2.39. The summed E-state index contributed by atoms with van der Waals surface area (Å²) >= 11 is 7.68. The molecule has 0 bridgehead atoms. The van der Waals surface area contributed by atoms with E-state index < -0.39 is 10.0 Å². The maximum absolute atomic E-state index is 13.1. The number of thioether (sulfide) groups is 1. The van der Waals surface area contributed by atoms with Crippen LogP contribution in [0.15, 0.2) is 58.3 Å². The second-order valence-electron chi connectivity index (χ2n) is 8.15. The molecule has 0 atom stereocenters. The summed E-state index contributed by atoms with van der Waals surface area (Å²) in [4.78, 5) is 18.6. The number of benzene rings is 2. The van der Waals surface area contributed by atoms with Crippen molar-refractivity contribution in [2.45, 2.75) is 22.6 Å². The molecule has 2 aromatic rings. The molecule has 4 rings (SSSR count). The van der Waals surface area contributed by atoms with Crippen molar-refractivity contribution in [1.29, 1.82) is 0 Å². The predicted molar refractivity (Wildman–Crippen MR) is 130 cm³/mol. The Bertz CT molecular complexity index is 1050. The molecular formula is C23H28ClN3O3S2. The molecule has 0 unspecified atom stereocenters. The van der Waals surface area contributed by atoms with E-state index >= 15 is 0 Å². The van der Waals surface area contributed by atoms with Gasteiger partial charge in [-0.3, -0.25) is 4.79 Å². The number of amides is 1. The van der Waals surface area contributed by atoms with E-state index in [0.29, 0.717) is 48.9 Å². The Morgan fingerprint density at radius 1 is 0.969 bits per heavy atom. The molecular weight excluding hydrogens is 466 g/mol. The van der Waals surface area contributed by atoms with E-state index in [1.54, 1.807) is 23.9 Å². The monoisotopic (exact) mass is 493 g/mol. The van der Waals surface area contributed by atoms with E-state index in [9.17, 15) is 13.2 Å². The van der Waals surface area contributed by atoms with E-state index in [1.165, 1.54) is 4.31 Å². The Morgan fingerprint density at radius 2 is 1.62 bits per heavy atom. The molecule has 0 aliphatic carbocycles. The third-order valence-corrected chi connectivity index (χ3v) is 9.16.